The molecular weight excluding hydrogens is 238 g/mol. The van der Waals surface area contributed by atoms with E-state index in [0.717, 1.165) is 4.90 Å². The van der Waals surface area contributed by atoms with Gasteiger partial charge in [-0.15, -0.1) is 0 Å². The molecule has 1 aliphatic rings. The fourth-order valence-electron chi connectivity index (χ4n) is 1.88. The van der Waals surface area contributed by atoms with Crippen molar-refractivity contribution in [3.05, 3.63) is 35.4 Å². The summed E-state index contributed by atoms with van der Waals surface area (Å²) in [7, 11) is 0. The number of rotatable bonds is 3. The molecule has 0 fully saturated rings. The van der Waals surface area contributed by atoms with Gasteiger partial charge < -0.3 is 0 Å². The van der Waals surface area contributed by atoms with Crippen LogP contribution >= 0.6 is 12.6 Å². The number of imide groups is 1. The molecule has 1 heterocycles. The van der Waals surface area contributed by atoms with Crippen molar-refractivity contribution in [1.29, 1.82) is 0 Å². The number of hydrogen-bond acceptors (Lipinski definition) is 4. The second-order valence-corrected chi connectivity index (χ2v) is 4.20. The Hall–Kier alpha value is -1.62. The fraction of sp³-hybridized carbons (Fsp3) is 0.250. The minimum absolute atomic E-state index is 0.140. The fourth-order valence-corrected chi connectivity index (χ4v) is 2.30. The second-order valence-electron chi connectivity index (χ2n) is 3.83. The minimum atomic E-state index is -0.786. The summed E-state index contributed by atoms with van der Waals surface area (Å²) < 4.78 is 0. The van der Waals surface area contributed by atoms with E-state index in [1.807, 2.05) is 0 Å². The highest BCUT2D eigenvalue weighted by Crippen LogP contribution is 2.25. The number of carbonyl (C=O) groups is 3. The van der Waals surface area contributed by atoms with Crippen molar-refractivity contribution in [1.82, 2.24) is 4.90 Å². The second kappa shape index (κ2) is 4.33. The van der Waals surface area contributed by atoms with Crippen LogP contribution in [0.1, 0.15) is 27.6 Å². The molecule has 0 aliphatic carbocycles. The van der Waals surface area contributed by atoms with E-state index >= 15 is 0 Å². The highest BCUT2D eigenvalue weighted by Gasteiger charge is 2.40. The van der Waals surface area contributed by atoms with Gasteiger partial charge in [0, 0.05) is 5.75 Å². The zero-order valence-electron chi connectivity index (χ0n) is 9.21. The van der Waals surface area contributed by atoms with Crippen LogP contribution in [-0.2, 0) is 4.79 Å². The van der Waals surface area contributed by atoms with Crippen LogP contribution in [0.2, 0.25) is 0 Å². The Morgan fingerprint density at radius 3 is 2.06 bits per heavy atom. The molecule has 0 bridgehead atoms. The average molecular weight is 249 g/mol. The van der Waals surface area contributed by atoms with Crippen LogP contribution in [0.4, 0.5) is 0 Å². The van der Waals surface area contributed by atoms with Crippen LogP contribution in [0.15, 0.2) is 24.3 Å². The number of nitrogens with zero attached hydrogens (tertiary/aromatic N) is 1. The maximum atomic E-state index is 12.0. The van der Waals surface area contributed by atoms with Crippen LogP contribution < -0.4 is 0 Å². The van der Waals surface area contributed by atoms with Crippen molar-refractivity contribution in [3.8, 4) is 0 Å². The van der Waals surface area contributed by atoms with Crippen LogP contribution in [0, 0.1) is 0 Å². The van der Waals surface area contributed by atoms with Gasteiger partial charge in [0.1, 0.15) is 6.04 Å². The van der Waals surface area contributed by atoms with Gasteiger partial charge in [0.15, 0.2) is 5.78 Å². The van der Waals surface area contributed by atoms with E-state index in [1.54, 1.807) is 24.3 Å². The quantitative estimate of drug-likeness (QED) is 0.646. The Bertz CT molecular complexity index is 477. The van der Waals surface area contributed by atoms with E-state index in [1.165, 1.54) is 6.92 Å². The molecule has 0 spiro atoms. The Balaban J connectivity index is 2.46. The lowest BCUT2D eigenvalue weighted by Gasteiger charge is -2.21. The van der Waals surface area contributed by atoms with Crippen LogP contribution in [-0.4, -0.2) is 34.3 Å². The molecule has 2 amide bonds. The van der Waals surface area contributed by atoms with Gasteiger partial charge in [0.2, 0.25) is 0 Å². The van der Waals surface area contributed by atoms with Gasteiger partial charge >= 0.3 is 0 Å². The number of amides is 2. The summed E-state index contributed by atoms with van der Waals surface area (Å²) in [5, 5.41) is 0. The van der Waals surface area contributed by atoms with E-state index < -0.39 is 17.9 Å². The van der Waals surface area contributed by atoms with E-state index in [4.69, 9.17) is 0 Å². The first kappa shape index (κ1) is 11.9. The number of benzene rings is 1. The largest absolute Gasteiger partial charge is 0.298 e. The number of Topliss-reactive ketones (excluding diaryl/α,β-unsaturated/α-hetero) is 1. The van der Waals surface area contributed by atoms with E-state index in [0.29, 0.717) is 11.1 Å². The van der Waals surface area contributed by atoms with Crippen molar-refractivity contribution in [2.75, 3.05) is 5.75 Å². The third-order valence-electron chi connectivity index (χ3n) is 2.78. The lowest BCUT2D eigenvalue weighted by Crippen LogP contribution is -2.45. The van der Waals surface area contributed by atoms with Crippen molar-refractivity contribution in [3.63, 3.8) is 0 Å². The zero-order valence-corrected chi connectivity index (χ0v) is 10.1. The number of hydrogen-bond donors (Lipinski definition) is 1. The topological polar surface area (TPSA) is 54.5 Å². The van der Waals surface area contributed by atoms with Crippen molar-refractivity contribution in [2.24, 2.45) is 0 Å². The highest BCUT2D eigenvalue weighted by atomic mass is 32.1. The van der Waals surface area contributed by atoms with Crippen molar-refractivity contribution < 1.29 is 14.4 Å². The SMILES string of the molecule is CC(=O)C(CS)N1C(=O)c2ccccc2C1=O. The molecule has 0 N–H and O–H groups in total. The summed E-state index contributed by atoms with van der Waals surface area (Å²) in [6.07, 6.45) is 0. The summed E-state index contributed by atoms with van der Waals surface area (Å²) in [6, 6.07) is 5.77. The molecule has 2 rings (SSSR count). The summed E-state index contributed by atoms with van der Waals surface area (Å²) >= 11 is 4.02. The smallest absolute Gasteiger partial charge is 0.262 e. The maximum Gasteiger partial charge on any atom is 0.262 e. The lowest BCUT2D eigenvalue weighted by molar-refractivity contribution is -0.120. The molecule has 1 aromatic rings. The molecule has 0 radical (unpaired) electrons. The molecule has 0 aromatic heterocycles. The number of fused-ring (bicyclic) bond motifs is 1. The van der Waals surface area contributed by atoms with Gasteiger partial charge in [-0.1, -0.05) is 12.1 Å². The molecule has 0 saturated heterocycles. The predicted octanol–water partition coefficient (Wildman–Crippen LogP) is 1.17. The number of carbonyl (C=O) groups excluding carboxylic acids is 3. The van der Waals surface area contributed by atoms with Gasteiger partial charge in [-0.05, 0) is 19.1 Å². The first-order valence-electron chi connectivity index (χ1n) is 5.16. The zero-order chi connectivity index (χ0) is 12.6. The minimum Gasteiger partial charge on any atom is -0.298 e. The van der Waals surface area contributed by atoms with E-state index in [-0.39, 0.29) is 11.5 Å². The van der Waals surface area contributed by atoms with E-state index in [2.05, 4.69) is 12.6 Å². The average Bonchev–Trinajstić information content (AvgIpc) is 2.56. The summed E-state index contributed by atoms with van der Waals surface area (Å²) in [5.74, 6) is -0.935. The Kier molecular flexibility index (Phi) is 3.02. The van der Waals surface area contributed by atoms with E-state index in [9.17, 15) is 14.4 Å². The van der Waals surface area contributed by atoms with Gasteiger partial charge in [-0.25, -0.2) is 0 Å². The molecule has 5 heteroatoms. The Morgan fingerprint density at radius 2 is 1.71 bits per heavy atom. The molecule has 4 nitrogen and oxygen atoms in total. The highest BCUT2D eigenvalue weighted by molar-refractivity contribution is 7.80. The van der Waals surface area contributed by atoms with Gasteiger partial charge in [0.25, 0.3) is 11.8 Å². The Morgan fingerprint density at radius 1 is 1.24 bits per heavy atom. The molecule has 17 heavy (non-hydrogen) atoms. The molecule has 1 unspecified atom stereocenters. The summed E-state index contributed by atoms with van der Waals surface area (Å²) in [4.78, 5) is 36.5. The summed E-state index contributed by atoms with van der Waals surface area (Å²) in [6.45, 7) is 1.35. The molecule has 1 aliphatic heterocycles. The summed E-state index contributed by atoms with van der Waals surface area (Å²) in [5.41, 5.74) is 0.705. The van der Waals surface area contributed by atoms with Crippen molar-refractivity contribution in [2.45, 2.75) is 13.0 Å². The molecule has 1 atom stereocenters. The van der Waals surface area contributed by atoms with Crippen LogP contribution in [0.25, 0.3) is 0 Å². The normalized spacial score (nSPS) is 16.0. The molecular formula is C12H11NO3S. The maximum absolute atomic E-state index is 12.0. The monoisotopic (exact) mass is 249 g/mol. The third-order valence-corrected chi connectivity index (χ3v) is 3.13. The first-order valence-corrected chi connectivity index (χ1v) is 5.79. The molecule has 88 valence electrons. The number of thiol groups is 1. The van der Waals surface area contributed by atoms with Gasteiger partial charge in [0.05, 0.1) is 11.1 Å². The number of ketones is 1. The van der Waals surface area contributed by atoms with Crippen LogP contribution in [0.5, 0.6) is 0 Å². The lowest BCUT2D eigenvalue weighted by atomic mass is 10.1. The van der Waals surface area contributed by atoms with Crippen molar-refractivity contribution >= 4 is 30.2 Å². The predicted molar refractivity (Wildman–Crippen MR) is 65.3 cm³/mol. The van der Waals surface area contributed by atoms with Gasteiger partial charge in [-0.3, -0.25) is 19.3 Å². The third kappa shape index (κ3) is 1.76. The molecule has 0 saturated carbocycles. The first-order chi connectivity index (χ1) is 8.07. The molecule has 1 aromatic carbocycles. The standard InChI is InChI=1S/C12H11NO3S/c1-7(14)10(6-17)13-11(15)8-4-2-3-5-9(8)12(13)16/h2-5,10,17H,6H2,1H3. The van der Waals surface area contributed by atoms with Crippen LogP contribution in [0.3, 0.4) is 0 Å². The van der Waals surface area contributed by atoms with Gasteiger partial charge in [-0.2, -0.15) is 12.6 Å². The Labute approximate surface area is 104 Å².